The molecule has 3 rings (SSSR count). The van der Waals surface area contributed by atoms with E-state index in [-0.39, 0.29) is 11.4 Å². The maximum absolute atomic E-state index is 11.7. The molecule has 0 aromatic carbocycles. The van der Waals surface area contributed by atoms with Crippen molar-refractivity contribution >= 4 is 5.91 Å². The monoisotopic (exact) mass is 321 g/mol. The second-order valence-corrected chi connectivity index (χ2v) is 6.69. The first-order valence-electron chi connectivity index (χ1n) is 8.32. The molecule has 23 heavy (non-hydrogen) atoms. The number of piperazine rings is 1. The Labute approximate surface area is 137 Å². The summed E-state index contributed by atoms with van der Waals surface area (Å²) in [6, 6.07) is 0. The Hall–Kier alpha value is -1.44. The standard InChI is InChI=1S/C16H27N5O2/c1-19-9-10-20(11-14-17-7-8-21(14)13-23-2)12-16(19)4-3-15(22)18-6-5-16/h7-8H,3-6,9-13H2,1-2H3,(H,18,22)/t16-/m1/s1. The third-order valence-electron chi connectivity index (χ3n) is 5.24. The van der Waals surface area contributed by atoms with Gasteiger partial charge in [0.1, 0.15) is 12.6 Å². The quantitative estimate of drug-likeness (QED) is 0.863. The van der Waals surface area contributed by atoms with Crippen molar-refractivity contribution in [2.75, 3.05) is 40.3 Å². The van der Waals surface area contributed by atoms with Gasteiger partial charge in [0, 0.05) is 57.6 Å². The first-order chi connectivity index (χ1) is 11.1. The predicted molar refractivity (Wildman–Crippen MR) is 86.7 cm³/mol. The molecule has 0 bridgehead atoms. The molecular weight excluding hydrogens is 294 g/mol. The molecule has 7 heteroatoms. The average Bonchev–Trinajstić information content (AvgIpc) is 2.87. The highest BCUT2D eigenvalue weighted by Crippen LogP contribution is 2.30. The number of hydrogen-bond donors (Lipinski definition) is 1. The molecule has 2 saturated heterocycles. The number of ether oxygens (including phenoxy) is 1. The molecule has 2 aliphatic heterocycles. The largest absolute Gasteiger partial charge is 0.364 e. The molecule has 1 aromatic rings. The molecule has 1 amide bonds. The van der Waals surface area contributed by atoms with Gasteiger partial charge in [0.05, 0.1) is 6.54 Å². The minimum atomic E-state index is 0.0933. The summed E-state index contributed by atoms with van der Waals surface area (Å²) in [6.45, 7) is 5.17. The number of rotatable bonds is 4. The Balaban J connectivity index is 1.70. The number of likely N-dealkylation sites (N-methyl/N-ethyl adjacent to an activating group) is 1. The van der Waals surface area contributed by atoms with Crippen LogP contribution in [0.5, 0.6) is 0 Å². The zero-order valence-corrected chi connectivity index (χ0v) is 14.1. The van der Waals surface area contributed by atoms with Gasteiger partial charge in [0.2, 0.25) is 5.91 Å². The molecule has 0 radical (unpaired) electrons. The van der Waals surface area contributed by atoms with Gasteiger partial charge >= 0.3 is 0 Å². The highest BCUT2D eigenvalue weighted by atomic mass is 16.5. The van der Waals surface area contributed by atoms with Crippen LogP contribution >= 0.6 is 0 Å². The number of amides is 1. The Morgan fingerprint density at radius 1 is 1.39 bits per heavy atom. The fraction of sp³-hybridized carbons (Fsp3) is 0.750. The molecule has 0 aliphatic carbocycles. The van der Waals surface area contributed by atoms with Gasteiger partial charge < -0.3 is 14.6 Å². The molecule has 2 fully saturated rings. The van der Waals surface area contributed by atoms with Gasteiger partial charge in [0.25, 0.3) is 0 Å². The second-order valence-electron chi connectivity index (χ2n) is 6.69. The summed E-state index contributed by atoms with van der Waals surface area (Å²) in [7, 11) is 3.89. The van der Waals surface area contributed by atoms with Crippen LogP contribution in [-0.4, -0.2) is 71.1 Å². The average molecular weight is 321 g/mol. The van der Waals surface area contributed by atoms with E-state index in [1.165, 1.54) is 0 Å². The lowest BCUT2D eigenvalue weighted by atomic mass is 9.86. The molecule has 3 heterocycles. The summed E-state index contributed by atoms with van der Waals surface area (Å²) < 4.78 is 7.27. The first-order valence-corrected chi connectivity index (χ1v) is 8.32. The van der Waals surface area contributed by atoms with E-state index in [1.807, 2.05) is 17.0 Å². The van der Waals surface area contributed by atoms with E-state index < -0.39 is 0 Å². The first kappa shape index (κ1) is 16.4. The van der Waals surface area contributed by atoms with Gasteiger partial charge in [-0.3, -0.25) is 14.6 Å². The molecular formula is C16H27N5O2. The number of methoxy groups -OCH3 is 1. The van der Waals surface area contributed by atoms with E-state index in [2.05, 4.69) is 27.1 Å². The van der Waals surface area contributed by atoms with Crippen molar-refractivity contribution in [3.8, 4) is 0 Å². The zero-order chi connectivity index (χ0) is 16.3. The molecule has 2 aliphatic rings. The van der Waals surface area contributed by atoms with E-state index in [0.29, 0.717) is 13.2 Å². The maximum Gasteiger partial charge on any atom is 0.220 e. The second kappa shape index (κ2) is 6.98. The third-order valence-corrected chi connectivity index (χ3v) is 5.24. The van der Waals surface area contributed by atoms with Gasteiger partial charge in [-0.25, -0.2) is 4.98 Å². The van der Waals surface area contributed by atoms with E-state index >= 15 is 0 Å². The van der Waals surface area contributed by atoms with Crippen molar-refractivity contribution in [2.45, 2.75) is 38.1 Å². The normalized spacial score (nSPS) is 27.1. The predicted octanol–water partition coefficient (Wildman–Crippen LogP) is 0.273. The van der Waals surface area contributed by atoms with Crippen LogP contribution in [-0.2, 0) is 22.8 Å². The molecule has 1 atom stereocenters. The van der Waals surface area contributed by atoms with Gasteiger partial charge in [-0.05, 0) is 19.9 Å². The summed E-state index contributed by atoms with van der Waals surface area (Å²) in [5.74, 6) is 1.22. The third kappa shape index (κ3) is 3.57. The van der Waals surface area contributed by atoms with Gasteiger partial charge in [-0.2, -0.15) is 0 Å². The van der Waals surface area contributed by atoms with E-state index in [9.17, 15) is 4.79 Å². The lowest BCUT2D eigenvalue weighted by Crippen LogP contribution is -2.60. The summed E-state index contributed by atoms with van der Waals surface area (Å²) in [6.07, 6.45) is 6.35. The van der Waals surface area contributed by atoms with Crippen molar-refractivity contribution in [2.24, 2.45) is 0 Å². The highest BCUT2D eigenvalue weighted by Gasteiger charge is 2.40. The number of aromatic nitrogens is 2. The highest BCUT2D eigenvalue weighted by molar-refractivity contribution is 5.76. The minimum absolute atomic E-state index is 0.0933. The Kier molecular flexibility index (Phi) is 4.99. The molecule has 128 valence electrons. The van der Waals surface area contributed by atoms with Gasteiger partial charge in [-0.1, -0.05) is 0 Å². The summed E-state index contributed by atoms with van der Waals surface area (Å²) in [5, 5.41) is 3.01. The minimum Gasteiger partial charge on any atom is -0.364 e. The van der Waals surface area contributed by atoms with Gasteiger partial charge in [0.15, 0.2) is 0 Å². The summed E-state index contributed by atoms with van der Waals surface area (Å²) >= 11 is 0. The number of carbonyl (C=O) groups is 1. The smallest absolute Gasteiger partial charge is 0.220 e. The Morgan fingerprint density at radius 3 is 3.09 bits per heavy atom. The van der Waals surface area contributed by atoms with Crippen molar-refractivity contribution < 1.29 is 9.53 Å². The SMILES string of the molecule is COCn1ccnc1CN1CCN(C)[C@]2(CCNC(=O)CC2)C1. The van der Waals surface area contributed by atoms with Crippen LogP contribution in [0, 0.1) is 0 Å². The van der Waals surface area contributed by atoms with E-state index in [4.69, 9.17) is 4.74 Å². The number of hydrogen-bond acceptors (Lipinski definition) is 5. The Bertz CT molecular complexity index is 546. The molecule has 0 saturated carbocycles. The number of imidazole rings is 1. The fourth-order valence-corrected chi connectivity index (χ4v) is 3.76. The molecule has 1 spiro atoms. The zero-order valence-electron chi connectivity index (χ0n) is 14.1. The van der Waals surface area contributed by atoms with Crippen molar-refractivity contribution in [3.63, 3.8) is 0 Å². The Morgan fingerprint density at radius 2 is 2.26 bits per heavy atom. The lowest BCUT2D eigenvalue weighted by Gasteiger charge is -2.49. The number of nitrogens with zero attached hydrogens (tertiary/aromatic N) is 4. The van der Waals surface area contributed by atoms with Crippen molar-refractivity contribution in [1.82, 2.24) is 24.7 Å². The number of nitrogens with one attached hydrogen (secondary N) is 1. The molecule has 1 aromatic heterocycles. The van der Waals surface area contributed by atoms with Crippen LogP contribution in [0.1, 0.15) is 25.1 Å². The lowest BCUT2D eigenvalue weighted by molar-refractivity contribution is -0.121. The van der Waals surface area contributed by atoms with E-state index in [0.717, 1.165) is 51.4 Å². The fourth-order valence-electron chi connectivity index (χ4n) is 3.76. The van der Waals surface area contributed by atoms with Crippen molar-refractivity contribution in [3.05, 3.63) is 18.2 Å². The van der Waals surface area contributed by atoms with Crippen LogP contribution < -0.4 is 5.32 Å². The van der Waals surface area contributed by atoms with E-state index in [1.54, 1.807) is 7.11 Å². The molecule has 1 N–H and O–H groups in total. The number of carbonyl (C=O) groups excluding carboxylic acids is 1. The summed E-state index contributed by atoms with van der Waals surface area (Å²) in [4.78, 5) is 21.1. The van der Waals surface area contributed by atoms with Crippen LogP contribution in [0.25, 0.3) is 0 Å². The molecule has 7 nitrogen and oxygen atoms in total. The molecule has 0 unspecified atom stereocenters. The van der Waals surface area contributed by atoms with Crippen molar-refractivity contribution in [1.29, 1.82) is 0 Å². The van der Waals surface area contributed by atoms with Gasteiger partial charge in [-0.15, -0.1) is 0 Å². The topological polar surface area (TPSA) is 62.6 Å². The maximum atomic E-state index is 11.7. The van der Waals surface area contributed by atoms with Crippen LogP contribution in [0.2, 0.25) is 0 Å². The van der Waals surface area contributed by atoms with Crippen LogP contribution in [0.15, 0.2) is 12.4 Å². The van der Waals surface area contributed by atoms with Crippen LogP contribution in [0.3, 0.4) is 0 Å². The summed E-state index contributed by atoms with van der Waals surface area (Å²) in [5.41, 5.74) is 0.0933. The van der Waals surface area contributed by atoms with Crippen LogP contribution in [0.4, 0.5) is 0 Å².